The fourth-order valence-corrected chi connectivity index (χ4v) is 5.37. The number of halogens is 2. The lowest BCUT2D eigenvalue weighted by Crippen LogP contribution is -2.51. The van der Waals surface area contributed by atoms with E-state index in [0.717, 1.165) is 18.4 Å². The number of fused-ring (bicyclic) bond motifs is 1. The zero-order chi connectivity index (χ0) is 27.4. The van der Waals surface area contributed by atoms with Gasteiger partial charge in [0.2, 0.25) is 5.95 Å². The highest BCUT2D eigenvalue weighted by molar-refractivity contribution is 6.31. The number of aromatic nitrogens is 2. The van der Waals surface area contributed by atoms with Crippen LogP contribution in [0.5, 0.6) is 11.5 Å². The molecular formula is C29H34ClFN4O4. The van der Waals surface area contributed by atoms with Gasteiger partial charge >= 0.3 is 5.97 Å². The monoisotopic (exact) mass is 556 g/mol. The van der Waals surface area contributed by atoms with Gasteiger partial charge in [0.1, 0.15) is 11.4 Å². The average molecular weight is 557 g/mol. The van der Waals surface area contributed by atoms with Crippen molar-refractivity contribution in [3.8, 4) is 11.5 Å². The zero-order valence-electron chi connectivity index (χ0n) is 22.3. The van der Waals surface area contributed by atoms with Crippen LogP contribution in [-0.2, 0) is 9.53 Å². The number of cyclic esters (lactones) is 1. The molecule has 1 N–H and O–H groups in total. The molecule has 0 unspecified atom stereocenters. The second kappa shape index (κ2) is 11.9. The summed E-state index contributed by atoms with van der Waals surface area (Å²) >= 11 is 5.91. The lowest BCUT2D eigenvalue weighted by Gasteiger charge is -2.37. The number of hydrogen-bond donors (Lipinski definition) is 1. The second-order valence-corrected chi connectivity index (χ2v) is 11.3. The Morgan fingerprint density at radius 1 is 1.18 bits per heavy atom. The molecule has 1 saturated heterocycles. The maximum atomic E-state index is 13.5. The van der Waals surface area contributed by atoms with Gasteiger partial charge in [-0.2, -0.15) is 0 Å². The van der Waals surface area contributed by atoms with Crippen LogP contribution in [0, 0.1) is 11.7 Å². The van der Waals surface area contributed by atoms with E-state index in [-0.39, 0.29) is 11.0 Å². The summed E-state index contributed by atoms with van der Waals surface area (Å²) in [6, 6.07) is 8.14. The van der Waals surface area contributed by atoms with Crippen LogP contribution in [0.2, 0.25) is 5.02 Å². The topological polar surface area (TPSA) is 85.8 Å². The van der Waals surface area contributed by atoms with Gasteiger partial charge in [-0.3, -0.25) is 9.69 Å². The number of esters is 1. The molecule has 0 spiro atoms. The smallest absolute Gasteiger partial charge is 0.320 e. The fraction of sp³-hybridized carbons (Fsp3) is 0.483. The molecule has 2 aromatic carbocycles. The SMILES string of the molecule is CC1(C)CN(CCCOc2cc3nc(Nc4ccc(F)c(Cl)c4)ncc3cc2OCC2CCCC2)CC(=O)O1. The van der Waals surface area contributed by atoms with Gasteiger partial charge in [0, 0.05) is 36.4 Å². The fourth-order valence-electron chi connectivity index (χ4n) is 5.19. The lowest BCUT2D eigenvalue weighted by atomic mass is 10.1. The maximum Gasteiger partial charge on any atom is 0.320 e. The second-order valence-electron chi connectivity index (χ2n) is 10.9. The van der Waals surface area contributed by atoms with Gasteiger partial charge in [-0.15, -0.1) is 0 Å². The number of hydrogen-bond acceptors (Lipinski definition) is 8. The summed E-state index contributed by atoms with van der Waals surface area (Å²) < 4.78 is 31.4. The summed E-state index contributed by atoms with van der Waals surface area (Å²) in [5, 5.41) is 3.91. The summed E-state index contributed by atoms with van der Waals surface area (Å²) in [5.74, 6) is 1.52. The third kappa shape index (κ3) is 7.28. The highest BCUT2D eigenvalue weighted by Crippen LogP contribution is 2.34. The molecule has 0 atom stereocenters. The van der Waals surface area contributed by atoms with Crippen molar-refractivity contribution < 1.29 is 23.4 Å². The Labute approximate surface area is 232 Å². The molecule has 2 fully saturated rings. The summed E-state index contributed by atoms with van der Waals surface area (Å²) in [6.07, 6.45) is 7.33. The molecular weight excluding hydrogens is 523 g/mol. The first-order valence-electron chi connectivity index (χ1n) is 13.5. The average Bonchev–Trinajstić information content (AvgIpc) is 3.40. The van der Waals surface area contributed by atoms with E-state index in [9.17, 15) is 9.18 Å². The van der Waals surface area contributed by atoms with Crippen LogP contribution in [0.4, 0.5) is 16.0 Å². The first-order chi connectivity index (χ1) is 18.7. The number of ether oxygens (including phenoxy) is 3. The lowest BCUT2D eigenvalue weighted by molar-refractivity contribution is -0.169. The first-order valence-corrected chi connectivity index (χ1v) is 13.8. The standard InChI is InChI=1S/C29H34ClFN4O4/c1-29(2)18-35(16-27(36)39-29)10-5-11-37-26-14-24-20(12-25(26)38-17-19-6-3-4-7-19)15-32-28(34-24)33-21-8-9-23(31)22(30)13-21/h8-9,12-15,19H,3-7,10-11,16-18H2,1-2H3,(H,32,33,34). The minimum Gasteiger partial charge on any atom is -0.490 e. The van der Waals surface area contributed by atoms with Gasteiger partial charge in [-0.05, 0) is 63.3 Å². The molecule has 2 aliphatic rings. The highest BCUT2D eigenvalue weighted by atomic mass is 35.5. The van der Waals surface area contributed by atoms with E-state index < -0.39 is 11.4 Å². The molecule has 1 aliphatic heterocycles. The van der Waals surface area contributed by atoms with Crippen molar-refractivity contribution in [2.45, 2.75) is 51.6 Å². The van der Waals surface area contributed by atoms with Gasteiger partial charge in [0.05, 0.1) is 30.3 Å². The van der Waals surface area contributed by atoms with Crippen LogP contribution in [0.15, 0.2) is 36.5 Å². The van der Waals surface area contributed by atoms with Crippen molar-refractivity contribution in [2.75, 3.05) is 38.2 Å². The van der Waals surface area contributed by atoms with Crippen LogP contribution in [0.1, 0.15) is 46.0 Å². The molecule has 0 radical (unpaired) electrons. The third-order valence-electron chi connectivity index (χ3n) is 6.99. The van der Waals surface area contributed by atoms with E-state index in [1.807, 2.05) is 26.0 Å². The van der Waals surface area contributed by atoms with Crippen molar-refractivity contribution in [3.63, 3.8) is 0 Å². The van der Waals surface area contributed by atoms with E-state index in [2.05, 4.69) is 20.2 Å². The van der Waals surface area contributed by atoms with Crippen LogP contribution >= 0.6 is 11.6 Å². The van der Waals surface area contributed by atoms with Crippen LogP contribution in [0.25, 0.3) is 10.9 Å². The summed E-state index contributed by atoms with van der Waals surface area (Å²) in [4.78, 5) is 23.1. The van der Waals surface area contributed by atoms with E-state index >= 15 is 0 Å². The number of nitrogens with one attached hydrogen (secondary N) is 1. The minimum absolute atomic E-state index is 0.0190. The number of nitrogens with zero attached hydrogens (tertiary/aromatic N) is 3. The molecule has 8 nitrogen and oxygen atoms in total. The Morgan fingerprint density at radius 2 is 1.97 bits per heavy atom. The molecule has 5 rings (SSSR count). The van der Waals surface area contributed by atoms with Crippen molar-refractivity contribution in [1.82, 2.24) is 14.9 Å². The van der Waals surface area contributed by atoms with Gasteiger partial charge in [-0.25, -0.2) is 14.4 Å². The van der Waals surface area contributed by atoms with E-state index in [0.29, 0.717) is 60.9 Å². The quantitative estimate of drug-likeness (QED) is 0.235. The molecule has 3 aromatic rings. The number of rotatable bonds is 10. The van der Waals surface area contributed by atoms with Crippen LogP contribution in [-0.4, -0.2) is 59.3 Å². The molecule has 0 bridgehead atoms. The number of anilines is 2. The summed E-state index contributed by atoms with van der Waals surface area (Å²) in [5.41, 5.74) is 0.781. The first kappa shape index (κ1) is 27.4. The van der Waals surface area contributed by atoms with Gasteiger partial charge in [0.15, 0.2) is 11.5 Å². The van der Waals surface area contributed by atoms with Crippen LogP contribution in [0.3, 0.4) is 0 Å². The summed E-state index contributed by atoms with van der Waals surface area (Å²) in [6.45, 7) is 6.66. The summed E-state index contributed by atoms with van der Waals surface area (Å²) in [7, 11) is 0. The number of carbonyl (C=O) groups is 1. The minimum atomic E-state index is -0.488. The predicted molar refractivity (Wildman–Crippen MR) is 148 cm³/mol. The Bertz CT molecular complexity index is 1330. The van der Waals surface area contributed by atoms with Gasteiger partial charge in [0.25, 0.3) is 0 Å². The Balaban J connectivity index is 1.30. The predicted octanol–water partition coefficient (Wildman–Crippen LogP) is 6.14. The number of carbonyl (C=O) groups excluding carboxylic acids is 1. The molecule has 10 heteroatoms. The normalized spacial score (nSPS) is 17.8. The van der Waals surface area contributed by atoms with Gasteiger partial charge in [-0.1, -0.05) is 24.4 Å². The molecule has 1 aliphatic carbocycles. The van der Waals surface area contributed by atoms with E-state index in [1.54, 1.807) is 12.3 Å². The molecule has 208 valence electrons. The molecule has 2 heterocycles. The number of benzene rings is 2. The maximum absolute atomic E-state index is 13.5. The zero-order valence-corrected chi connectivity index (χ0v) is 23.1. The van der Waals surface area contributed by atoms with Gasteiger partial charge < -0.3 is 19.5 Å². The molecule has 1 aromatic heterocycles. The largest absolute Gasteiger partial charge is 0.490 e. The molecule has 0 amide bonds. The Kier molecular flexibility index (Phi) is 8.37. The van der Waals surface area contributed by atoms with Crippen molar-refractivity contribution in [1.29, 1.82) is 0 Å². The molecule has 39 heavy (non-hydrogen) atoms. The third-order valence-corrected chi connectivity index (χ3v) is 7.28. The van der Waals surface area contributed by atoms with Crippen molar-refractivity contribution in [2.24, 2.45) is 5.92 Å². The highest BCUT2D eigenvalue weighted by Gasteiger charge is 2.32. The van der Waals surface area contributed by atoms with Crippen molar-refractivity contribution >= 4 is 40.1 Å². The van der Waals surface area contributed by atoms with E-state index in [1.165, 1.54) is 37.8 Å². The van der Waals surface area contributed by atoms with E-state index in [4.69, 9.17) is 25.8 Å². The Morgan fingerprint density at radius 3 is 2.74 bits per heavy atom. The number of morpholine rings is 1. The van der Waals surface area contributed by atoms with Crippen LogP contribution < -0.4 is 14.8 Å². The Hall–Kier alpha value is -3.17. The molecule has 1 saturated carbocycles. The van der Waals surface area contributed by atoms with Crippen molar-refractivity contribution in [3.05, 3.63) is 47.4 Å².